The first-order valence-electron chi connectivity index (χ1n) is 4.61. The Hall–Kier alpha value is -2.10. The summed E-state index contributed by atoms with van der Waals surface area (Å²) in [5.74, 6) is 0.343. The van der Waals surface area contributed by atoms with Crippen LogP contribution in [-0.2, 0) is 11.2 Å². The molecule has 0 bridgehead atoms. The Labute approximate surface area is 85.4 Å². The molecule has 4 nitrogen and oxygen atoms in total. The number of hydrogen-bond acceptors (Lipinski definition) is 3. The molecule has 0 unspecified atom stereocenters. The molecule has 2 aromatic heterocycles. The smallest absolute Gasteiger partial charge is 0.245 e. The van der Waals surface area contributed by atoms with Crippen LogP contribution in [-0.4, -0.2) is 10.9 Å². The highest BCUT2D eigenvalue weighted by Crippen LogP contribution is 2.33. The molecule has 74 valence electrons. The highest BCUT2D eigenvalue weighted by molar-refractivity contribution is 6.01. The second-order valence-corrected chi connectivity index (χ2v) is 3.53. The fourth-order valence-electron chi connectivity index (χ4n) is 1.88. The van der Waals surface area contributed by atoms with Crippen LogP contribution in [0, 0.1) is 0 Å². The zero-order valence-corrected chi connectivity index (χ0v) is 7.86. The van der Waals surface area contributed by atoms with E-state index in [2.05, 4.69) is 4.98 Å². The van der Waals surface area contributed by atoms with Gasteiger partial charge in [0.2, 0.25) is 5.91 Å². The van der Waals surface area contributed by atoms with Crippen molar-refractivity contribution < 1.29 is 9.21 Å². The molecule has 15 heavy (non-hydrogen) atoms. The summed E-state index contributed by atoms with van der Waals surface area (Å²) in [5, 5.41) is 1.01. The summed E-state index contributed by atoms with van der Waals surface area (Å²) >= 11 is 0. The van der Waals surface area contributed by atoms with E-state index in [9.17, 15) is 4.79 Å². The Morgan fingerprint density at radius 1 is 1.53 bits per heavy atom. The van der Waals surface area contributed by atoms with Gasteiger partial charge in [0.1, 0.15) is 5.76 Å². The van der Waals surface area contributed by atoms with Gasteiger partial charge in [0.25, 0.3) is 0 Å². The predicted molar refractivity (Wildman–Crippen MR) is 54.9 cm³/mol. The number of amides is 1. The maximum Gasteiger partial charge on any atom is 0.245 e. The minimum Gasteiger partial charge on any atom is -0.455 e. The topological polar surface area (TPSA) is 69.1 Å². The fraction of sp³-hybridized carbons (Fsp3) is 0.0909. The summed E-state index contributed by atoms with van der Waals surface area (Å²) < 4.78 is 5.54. The van der Waals surface area contributed by atoms with E-state index < -0.39 is 0 Å². The fourth-order valence-corrected chi connectivity index (χ4v) is 1.88. The van der Waals surface area contributed by atoms with Crippen molar-refractivity contribution >= 4 is 23.0 Å². The maximum absolute atomic E-state index is 11.0. The summed E-state index contributed by atoms with van der Waals surface area (Å²) in [5.41, 5.74) is 7.60. The number of hydrogen-bond donors (Lipinski definition) is 1. The van der Waals surface area contributed by atoms with Gasteiger partial charge < -0.3 is 10.2 Å². The van der Waals surface area contributed by atoms with Gasteiger partial charge in [-0.25, -0.2) is 0 Å². The van der Waals surface area contributed by atoms with E-state index in [-0.39, 0.29) is 5.91 Å². The van der Waals surface area contributed by atoms with Gasteiger partial charge in [0, 0.05) is 29.1 Å². The van der Waals surface area contributed by atoms with Crippen molar-refractivity contribution in [1.29, 1.82) is 0 Å². The number of primary amides is 1. The van der Waals surface area contributed by atoms with E-state index in [1.54, 1.807) is 18.5 Å². The molecule has 0 aliphatic heterocycles. The van der Waals surface area contributed by atoms with Gasteiger partial charge in [-0.2, -0.15) is 0 Å². The monoisotopic (exact) mass is 200 g/mol. The van der Waals surface area contributed by atoms with Gasteiger partial charge in [-0.3, -0.25) is 9.78 Å². The number of carbonyl (C=O) groups excluding carboxylic acids is 1. The lowest BCUT2D eigenvalue weighted by atomic mass is 10.1. The van der Waals surface area contributed by atoms with Crippen LogP contribution in [0.15, 0.2) is 28.5 Å². The van der Waals surface area contributed by atoms with E-state index in [0.717, 1.165) is 22.3 Å². The van der Waals surface area contributed by atoms with Crippen LogP contribution in [0.4, 0.5) is 0 Å². The molecular formula is C11H8N2O2. The number of pyridine rings is 1. The quantitative estimate of drug-likeness (QED) is 0.753. The van der Waals surface area contributed by atoms with E-state index >= 15 is 0 Å². The van der Waals surface area contributed by atoms with Gasteiger partial charge in [-0.15, -0.1) is 0 Å². The Balaban J connectivity index is 2.22. The van der Waals surface area contributed by atoms with Gasteiger partial charge >= 0.3 is 0 Å². The SMILES string of the molecule is NC(=O)C1=Cc2oc3cnccc3c2C1. The first-order chi connectivity index (χ1) is 7.25. The number of rotatable bonds is 1. The first kappa shape index (κ1) is 8.23. The molecule has 4 heteroatoms. The van der Waals surface area contributed by atoms with E-state index in [0.29, 0.717) is 12.0 Å². The number of aromatic nitrogens is 1. The molecule has 2 heterocycles. The summed E-state index contributed by atoms with van der Waals surface area (Å²) in [6.07, 6.45) is 5.64. The number of nitrogens with two attached hydrogens (primary N) is 1. The van der Waals surface area contributed by atoms with Crippen LogP contribution < -0.4 is 5.73 Å². The largest absolute Gasteiger partial charge is 0.455 e. The molecule has 0 saturated heterocycles. The van der Waals surface area contributed by atoms with Crippen LogP contribution in [0.25, 0.3) is 17.0 Å². The number of carbonyl (C=O) groups is 1. The van der Waals surface area contributed by atoms with Crippen LogP contribution in [0.5, 0.6) is 0 Å². The zero-order chi connectivity index (χ0) is 10.4. The summed E-state index contributed by atoms with van der Waals surface area (Å²) in [7, 11) is 0. The van der Waals surface area contributed by atoms with E-state index in [1.807, 2.05) is 6.07 Å². The Morgan fingerprint density at radius 2 is 2.40 bits per heavy atom. The van der Waals surface area contributed by atoms with E-state index in [1.165, 1.54) is 0 Å². The Kier molecular flexibility index (Phi) is 1.48. The average Bonchev–Trinajstić information content (AvgIpc) is 2.73. The third kappa shape index (κ3) is 1.08. The van der Waals surface area contributed by atoms with Gasteiger partial charge in [0.15, 0.2) is 5.58 Å². The molecule has 2 N–H and O–H groups in total. The lowest BCUT2D eigenvalue weighted by Crippen LogP contribution is -2.13. The third-order valence-electron chi connectivity index (χ3n) is 2.62. The van der Waals surface area contributed by atoms with Gasteiger partial charge in [0.05, 0.1) is 6.20 Å². The van der Waals surface area contributed by atoms with Crippen molar-refractivity contribution in [3.05, 3.63) is 35.4 Å². The van der Waals surface area contributed by atoms with Gasteiger partial charge in [-0.1, -0.05) is 0 Å². The number of nitrogens with zero attached hydrogens (tertiary/aromatic N) is 1. The van der Waals surface area contributed by atoms with Crippen molar-refractivity contribution in [3.8, 4) is 0 Å². The molecule has 1 aliphatic rings. The second-order valence-electron chi connectivity index (χ2n) is 3.53. The average molecular weight is 200 g/mol. The lowest BCUT2D eigenvalue weighted by Gasteiger charge is -1.94. The number of furan rings is 1. The predicted octanol–water partition coefficient (Wildman–Crippen LogP) is 1.25. The molecule has 0 saturated carbocycles. The maximum atomic E-state index is 11.0. The molecule has 1 amide bonds. The summed E-state index contributed by atoms with van der Waals surface area (Å²) in [6, 6.07) is 1.88. The van der Waals surface area contributed by atoms with Crippen LogP contribution in [0.1, 0.15) is 11.3 Å². The minimum atomic E-state index is -0.386. The molecule has 2 aromatic rings. The highest BCUT2D eigenvalue weighted by atomic mass is 16.3. The van der Waals surface area contributed by atoms with Crippen molar-refractivity contribution in [2.24, 2.45) is 5.73 Å². The molecule has 1 aliphatic carbocycles. The molecule has 0 spiro atoms. The molecular weight excluding hydrogens is 192 g/mol. The van der Waals surface area contributed by atoms with Crippen LogP contribution in [0.2, 0.25) is 0 Å². The van der Waals surface area contributed by atoms with Crippen LogP contribution >= 0.6 is 0 Å². The highest BCUT2D eigenvalue weighted by Gasteiger charge is 2.22. The normalized spacial score (nSPS) is 14.0. The molecule has 0 aromatic carbocycles. The Morgan fingerprint density at radius 3 is 3.20 bits per heavy atom. The lowest BCUT2D eigenvalue weighted by molar-refractivity contribution is -0.114. The first-order valence-corrected chi connectivity index (χ1v) is 4.61. The van der Waals surface area contributed by atoms with Gasteiger partial charge in [-0.05, 0) is 12.1 Å². The molecule has 3 rings (SSSR count). The zero-order valence-electron chi connectivity index (χ0n) is 7.86. The third-order valence-corrected chi connectivity index (χ3v) is 2.62. The minimum absolute atomic E-state index is 0.386. The van der Waals surface area contributed by atoms with Crippen LogP contribution in [0.3, 0.4) is 0 Å². The van der Waals surface area contributed by atoms with Crippen molar-refractivity contribution in [2.45, 2.75) is 6.42 Å². The Bertz CT molecular complexity index is 596. The summed E-state index contributed by atoms with van der Waals surface area (Å²) in [4.78, 5) is 15.0. The molecule has 0 fully saturated rings. The van der Waals surface area contributed by atoms with E-state index in [4.69, 9.17) is 10.2 Å². The summed E-state index contributed by atoms with van der Waals surface area (Å²) in [6.45, 7) is 0. The number of fused-ring (bicyclic) bond motifs is 3. The van der Waals surface area contributed by atoms with Crippen molar-refractivity contribution in [2.75, 3.05) is 0 Å². The van der Waals surface area contributed by atoms with Crippen molar-refractivity contribution in [3.63, 3.8) is 0 Å². The molecule has 0 radical (unpaired) electrons. The van der Waals surface area contributed by atoms with Crippen molar-refractivity contribution in [1.82, 2.24) is 4.98 Å². The standard InChI is InChI=1S/C11H8N2O2/c12-11(14)6-3-8-7-1-2-13-5-10(7)15-9(8)4-6/h1-2,4-5H,3H2,(H2,12,14). The second kappa shape index (κ2) is 2.70. The molecule has 0 atom stereocenters.